The highest BCUT2D eigenvalue weighted by atomic mass is 16.5. The summed E-state index contributed by atoms with van der Waals surface area (Å²) in [4.78, 5) is 33.3. The molecule has 164 valence electrons. The van der Waals surface area contributed by atoms with E-state index < -0.39 is 5.54 Å². The van der Waals surface area contributed by atoms with Crippen LogP contribution >= 0.6 is 0 Å². The lowest BCUT2D eigenvalue weighted by molar-refractivity contribution is -0.137. The van der Waals surface area contributed by atoms with Gasteiger partial charge < -0.3 is 9.64 Å². The molecule has 1 aromatic rings. The van der Waals surface area contributed by atoms with Crippen molar-refractivity contribution in [3.63, 3.8) is 0 Å². The molecule has 30 heavy (non-hydrogen) atoms. The first-order valence-electron chi connectivity index (χ1n) is 11.3. The fourth-order valence-corrected chi connectivity index (χ4v) is 5.56. The zero-order valence-corrected chi connectivity index (χ0v) is 18.8. The van der Waals surface area contributed by atoms with Crippen LogP contribution in [0.3, 0.4) is 0 Å². The van der Waals surface area contributed by atoms with Crippen molar-refractivity contribution in [2.75, 3.05) is 33.4 Å². The minimum Gasteiger partial charge on any atom is -0.383 e. The van der Waals surface area contributed by atoms with Gasteiger partial charge in [-0.25, -0.2) is 4.79 Å². The average molecular weight is 414 g/mol. The van der Waals surface area contributed by atoms with Gasteiger partial charge in [-0.05, 0) is 49.7 Å². The number of piperidine rings is 1. The molecule has 0 bridgehead atoms. The summed E-state index contributed by atoms with van der Waals surface area (Å²) in [6.45, 7) is 9.35. The Bertz CT molecular complexity index is 776. The second-order valence-electron chi connectivity index (χ2n) is 9.66. The summed E-state index contributed by atoms with van der Waals surface area (Å²) >= 11 is 0. The molecule has 0 unspecified atom stereocenters. The molecule has 2 fully saturated rings. The Hall–Kier alpha value is -1.92. The van der Waals surface area contributed by atoms with Crippen LogP contribution in [0.15, 0.2) is 24.3 Å². The zero-order chi connectivity index (χ0) is 21.5. The van der Waals surface area contributed by atoms with Gasteiger partial charge in [0.15, 0.2) is 0 Å². The molecule has 1 spiro atoms. The maximum Gasteiger partial charge on any atom is 0.327 e. The number of carbonyl (C=O) groups excluding carboxylic acids is 2. The van der Waals surface area contributed by atoms with Crippen LogP contribution in [-0.2, 0) is 22.4 Å². The quantitative estimate of drug-likeness (QED) is 0.673. The minimum atomic E-state index is -0.681. The summed E-state index contributed by atoms with van der Waals surface area (Å²) in [5.41, 5.74) is 1.85. The molecule has 1 aromatic carbocycles. The second-order valence-corrected chi connectivity index (χ2v) is 9.66. The second kappa shape index (κ2) is 8.31. The monoisotopic (exact) mass is 413 g/mol. The third-order valence-electron chi connectivity index (χ3n) is 7.17. The van der Waals surface area contributed by atoms with E-state index in [1.54, 1.807) is 12.0 Å². The van der Waals surface area contributed by atoms with Gasteiger partial charge in [-0.1, -0.05) is 38.1 Å². The highest BCUT2D eigenvalue weighted by molar-refractivity contribution is 6.07. The highest BCUT2D eigenvalue weighted by Crippen LogP contribution is 2.41. The average Bonchev–Trinajstić information content (AvgIpc) is 3.22. The molecule has 2 heterocycles. The molecule has 4 rings (SSSR count). The zero-order valence-electron chi connectivity index (χ0n) is 18.8. The van der Waals surface area contributed by atoms with Crippen LogP contribution in [0.25, 0.3) is 0 Å². The Labute approximate surface area is 180 Å². The van der Waals surface area contributed by atoms with Gasteiger partial charge in [0, 0.05) is 38.8 Å². The molecule has 6 heteroatoms. The van der Waals surface area contributed by atoms with E-state index in [0.29, 0.717) is 38.0 Å². The molecule has 6 nitrogen and oxygen atoms in total. The van der Waals surface area contributed by atoms with E-state index in [1.807, 2.05) is 17.0 Å². The van der Waals surface area contributed by atoms with Crippen molar-refractivity contribution in [2.45, 2.75) is 64.1 Å². The molecule has 2 saturated heterocycles. The Kier molecular flexibility index (Phi) is 5.90. The third-order valence-corrected chi connectivity index (χ3v) is 7.17. The molecular weight excluding hydrogens is 378 g/mol. The van der Waals surface area contributed by atoms with Gasteiger partial charge in [-0.15, -0.1) is 0 Å². The number of urea groups is 1. The van der Waals surface area contributed by atoms with Crippen LogP contribution < -0.4 is 0 Å². The van der Waals surface area contributed by atoms with Gasteiger partial charge in [0.05, 0.1) is 6.61 Å². The van der Waals surface area contributed by atoms with Gasteiger partial charge >= 0.3 is 6.03 Å². The predicted octanol–water partition coefficient (Wildman–Crippen LogP) is 2.94. The van der Waals surface area contributed by atoms with Gasteiger partial charge in [-0.3, -0.25) is 14.6 Å². The van der Waals surface area contributed by atoms with Crippen LogP contribution in [-0.4, -0.2) is 77.6 Å². The van der Waals surface area contributed by atoms with E-state index in [9.17, 15) is 9.59 Å². The van der Waals surface area contributed by atoms with E-state index in [4.69, 9.17) is 4.74 Å². The van der Waals surface area contributed by atoms with Gasteiger partial charge in [0.25, 0.3) is 5.91 Å². The number of imide groups is 1. The van der Waals surface area contributed by atoms with Crippen LogP contribution in [0.2, 0.25) is 0 Å². The van der Waals surface area contributed by atoms with E-state index in [0.717, 1.165) is 25.9 Å². The maximum absolute atomic E-state index is 13.8. The number of likely N-dealkylation sites (tertiary alicyclic amines) is 1. The standard InChI is InChI=1S/C24H35N3O3/c1-17(2)15-26-23(29)27(21-13-19-7-5-6-8-20(19)14-21)22(28)24(26)9-11-25(12-10-24)18(3)16-30-4/h5-8,17-18,21H,9-16H2,1-4H3/t18-/m0/s1. The molecule has 0 N–H and O–H groups in total. The summed E-state index contributed by atoms with van der Waals surface area (Å²) < 4.78 is 5.32. The largest absolute Gasteiger partial charge is 0.383 e. The Morgan fingerprint density at radius 2 is 1.67 bits per heavy atom. The molecule has 2 aliphatic heterocycles. The molecule has 1 atom stereocenters. The molecule has 3 aliphatic rings. The van der Waals surface area contributed by atoms with E-state index in [2.05, 4.69) is 37.8 Å². The first kappa shape index (κ1) is 21.3. The van der Waals surface area contributed by atoms with E-state index in [1.165, 1.54) is 11.1 Å². The van der Waals surface area contributed by atoms with Crippen LogP contribution in [0.1, 0.15) is 44.7 Å². The number of rotatable bonds is 6. The van der Waals surface area contributed by atoms with Crippen molar-refractivity contribution in [1.29, 1.82) is 0 Å². The summed E-state index contributed by atoms with van der Waals surface area (Å²) in [6.07, 6.45) is 2.95. The first-order chi connectivity index (χ1) is 14.4. The molecule has 0 radical (unpaired) electrons. The Balaban J connectivity index is 1.57. The molecule has 0 saturated carbocycles. The lowest BCUT2D eigenvalue weighted by Crippen LogP contribution is -2.58. The van der Waals surface area contributed by atoms with Crippen LogP contribution in [0.5, 0.6) is 0 Å². The van der Waals surface area contributed by atoms with E-state index in [-0.39, 0.29) is 18.0 Å². The maximum atomic E-state index is 13.8. The third kappa shape index (κ3) is 3.54. The Morgan fingerprint density at radius 1 is 1.07 bits per heavy atom. The number of nitrogens with zero attached hydrogens (tertiary/aromatic N) is 3. The van der Waals surface area contributed by atoms with E-state index >= 15 is 0 Å². The summed E-state index contributed by atoms with van der Waals surface area (Å²) in [7, 11) is 1.73. The van der Waals surface area contributed by atoms with Crippen LogP contribution in [0.4, 0.5) is 4.79 Å². The molecule has 1 aliphatic carbocycles. The number of fused-ring (bicyclic) bond motifs is 1. The van der Waals surface area contributed by atoms with Crippen molar-refractivity contribution in [3.05, 3.63) is 35.4 Å². The van der Waals surface area contributed by atoms with Gasteiger partial charge in [0.1, 0.15) is 5.54 Å². The number of ether oxygens (including phenoxy) is 1. The SMILES string of the molecule is COC[C@H](C)N1CCC2(CC1)C(=O)N(C1Cc3ccccc3C1)C(=O)N2CC(C)C. The summed E-state index contributed by atoms with van der Waals surface area (Å²) in [6, 6.07) is 8.51. The van der Waals surface area contributed by atoms with Gasteiger partial charge in [-0.2, -0.15) is 0 Å². The molecule has 0 aromatic heterocycles. The number of methoxy groups -OCH3 is 1. The summed E-state index contributed by atoms with van der Waals surface area (Å²) in [5, 5.41) is 0. The number of carbonyl (C=O) groups is 2. The highest BCUT2D eigenvalue weighted by Gasteiger charge is 2.59. The fourth-order valence-electron chi connectivity index (χ4n) is 5.56. The number of hydrogen-bond acceptors (Lipinski definition) is 4. The number of amides is 3. The smallest absolute Gasteiger partial charge is 0.327 e. The van der Waals surface area contributed by atoms with Crippen molar-refractivity contribution in [2.24, 2.45) is 5.92 Å². The van der Waals surface area contributed by atoms with Crippen molar-refractivity contribution < 1.29 is 14.3 Å². The topological polar surface area (TPSA) is 53.1 Å². The number of hydrogen-bond donors (Lipinski definition) is 0. The predicted molar refractivity (Wildman–Crippen MR) is 116 cm³/mol. The van der Waals surface area contributed by atoms with Gasteiger partial charge in [0.2, 0.25) is 0 Å². The van der Waals surface area contributed by atoms with Crippen molar-refractivity contribution in [1.82, 2.24) is 14.7 Å². The minimum absolute atomic E-state index is 0.0324. The first-order valence-corrected chi connectivity index (χ1v) is 11.3. The van der Waals surface area contributed by atoms with Crippen molar-refractivity contribution in [3.8, 4) is 0 Å². The summed E-state index contributed by atoms with van der Waals surface area (Å²) in [5.74, 6) is 0.356. The lowest BCUT2D eigenvalue weighted by Gasteiger charge is -2.44. The molecule has 3 amide bonds. The van der Waals surface area contributed by atoms with Crippen LogP contribution in [0, 0.1) is 5.92 Å². The van der Waals surface area contributed by atoms with Crippen molar-refractivity contribution >= 4 is 11.9 Å². The lowest BCUT2D eigenvalue weighted by atomic mass is 9.84. The normalized spacial score (nSPS) is 23.1. The fraction of sp³-hybridized carbons (Fsp3) is 0.667. The molecular formula is C24H35N3O3. The number of benzene rings is 1. The Morgan fingerprint density at radius 3 is 2.20 bits per heavy atom.